The SMILES string of the molecule is [C-]#[N+]c1cccc(-n2c3ccccc3c3c4c(ccc32)-c2ccccc2C4(C)C)c1-c1cc(-c2ccc(C#N)cc2C)ccc1-n1c2ccccc2c2c3c(ccc21)-c1ccccc1C3(C)C. The summed E-state index contributed by atoms with van der Waals surface area (Å²) in [5.41, 5.74) is 22.5. The third-order valence-corrected chi connectivity index (χ3v) is 15.3. The molecule has 2 aromatic heterocycles. The van der Waals surface area contributed by atoms with E-state index in [1.165, 1.54) is 66.1 Å². The second-order valence-electron chi connectivity index (χ2n) is 19.5. The minimum absolute atomic E-state index is 0.225. The first kappa shape index (κ1) is 39.0. The smallest absolute Gasteiger partial charge is 0.197 e. The molecule has 4 heteroatoms. The second kappa shape index (κ2) is 13.8. The van der Waals surface area contributed by atoms with Gasteiger partial charge in [-0.1, -0.05) is 149 Å². The summed E-state index contributed by atoms with van der Waals surface area (Å²) in [6.07, 6.45) is 0. The van der Waals surface area contributed by atoms with Crippen LogP contribution in [0.1, 0.15) is 61.1 Å². The number of hydrogen-bond acceptors (Lipinski definition) is 1. The number of aryl methyl sites for hydroxylation is 1. The zero-order chi connectivity index (χ0) is 45.5. The average molecular weight is 857 g/mol. The first-order valence-electron chi connectivity index (χ1n) is 23.1. The summed E-state index contributed by atoms with van der Waals surface area (Å²) < 4.78 is 4.85. The second-order valence-corrected chi connectivity index (χ2v) is 19.5. The fourth-order valence-corrected chi connectivity index (χ4v) is 12.4. The molecule has 316 valence electrons. The largest absolute Gasteiger partial charge is 0.310 e. The van der Waals surface area contributed by atoms with Crippen LogP contribution in [0, 0.1) is 24.8 Å². The molecule has 0 saturated carbocycles. The highest BCUT2D eigenvalue weighted by Crippen LogP contribution is 2.56. The van der Waals surface area contributed by atoms with Gasteiger partial charge in [-0.15, -0.1) is 0 Å². The molecule has 0 fully saturated rings. The zero-order valence-corrected chi connectivity index (χ0v) is 38.0. The number of para-hydroxylation sites is 2. The summed E-state index contributed by atoms with van der Waals surface area (Å²) in [7, 11) is 0. The molecule has 0 saturated heterocycles. The van der Waals surface area contributed by atoms with E-state index in [1.54, 1.807) is 0 Å². The third kappa shape index (κ3) is 5.16. The lowest BCUT2D eigenvalue weighted by molar-refractivity contribution is 0.666. The molecular formula is C63H44N4. The zero-order valence-electron chi connectivity index (χ0n) is 38.0. The fourth-order valence-electron chi connectivity index (χ4n) is 12.4. The number of benzene rings is 9. The van der Waals surface area contributed by atoms with Crippen LogP contribution in [0.25, 0.3) is 104 Å². The van der Waals surface area contributed by atoms with Crippen LogP contribution in [0.4, 0.5) is 5.69 Å². The lowest BCUT2D eigenvalue weighted by Crippen LogP contribution is -2.15. The molecule has 11 aromatic rings. The third-order valence-electron chi connectivity index (χ3n) is 15.3. The molecule has 9 aromatic carbocycles. The molecule has 0 aliphatic heterocycles. The summed E-state index contributed by atoms with van der Waals surface area (Å²) in [5.74, 6) is 0. The fraction of sp³-hybridized carbons (Fsp3) is 0.111. The quantitative estimate of drug-likeness (QED) is 0.163. The van der Waals surface area contributed by atoms with Crippen LogP contribution in [0.2, 0.25) is 0 Å². The van der Waals surface area contributed by atoms with Gasteiger partial charge in [-0.25, -0.2) is 4.85 Å². The maximum atomic E-state index is 9.85. The number of nitriles is 1. The number of fused-ring (bicyclic) bond motifs is 14. The predicted octanol–water partition coefficient (Wildman–Crippen LogP) is 16.6. The van der Waals surface area contributed by atoms with E-state index in [4.69, 9.17) is 6.57 Å². The number of rotatable bonds is 4. The van der Waals surface area contributed by atoms with Crippen molar-refractivity contribution in [3.05, 3.63) is 221 Å². The van der Waals surface area contributed by atoms with Crippen LogP contribution in [0.15, 0.2) is 176 Å². The Morgan fingerprint density at radius 1 is 0.478 bits per heavy atom. The van der Waals surface area contributed by atoms with E-state index in [9.17, 15) is 5.26 Å². The highest BCUT2D eigenvalue weighted by Gasteiger charge is 2.40. The molecular weight excluding hydrogens is 813 g/mol. The molecule has 4 nitrogen and oxygen atoms in total. The van der Waals surface area contributed by atoms with E-state index in [0.29, 0.717) is 11.3 Å². The molecule has 2 aliphatic carbocycles. The topological polar surface area (TPSA) is 38.0 Å². The van der Waals surface area contributed by atoms with Crippen molar-refractivity contribution in [1.29, 1.82) is 5.26 Å². The normalized spacial score (nSPS) is 14.0. The Hall–Kier alpha value is -8.44. The highest BCUT2D eigenvalue weighted by atomic mass is 15.0. The minimum atomic E-state index is -0.227. The van der Waals surface area contributed by atoms with E-state index in [1.807, 2.05) is 24.3 Å². The van der Waals surface area contributed by atoms with Crippen molar-refractivity contribution < 1.29 is 0 Å². The number of nitrogens with zero attached hydrogens (tertiary/aromatic N) is 4. The van der Waals surface area contributed by atoms with Crippen molar-refractivity contribution in [1.82, 2.24) is 9.13 Å². The Labute approximate surface area is 390 Å². The summed E-state index contributed by atoms with van der Waals surface area (Å²) >= 11 is 0. The molecule has 0 radical (unpaired) electrons. The minimum Gasteiger partial charge on any atom is -0.310 e. The van der Waals surface area contributed by atoms with E-state index < -0.39 is 0 Å². The molecule has 0 spiro atoms. The van der Waals surface area contributed by atoms with E-state index in [-0.39, 0.29) is 10.8 Å². The van der Waals surface area contributed by atoms with E-state index in [2.05, 4.69) is 206 Å². The molecule has 0 atom stereocenters. The molecule has 0 amide bonds. The number of hydrogen-bond donors (Lipinski definition) is 0. The van der Waals surface area contributed by atoms with Gasteiger partial charge in [0.2, 0.25) is 0 Å². The summed E-state index contributed by atoms with van der Waals surface area (Å²) in [5, 5.41) is 14.7. The van der Waals surface area contributed by atoms with Crippen LogP contribution in [0.3, 0.4) is 0 Å². The lowest BCUT2D eigenvalue weighted by Gasteiger charge is -2.23. The maximum absolute atomic E-state index is 9.85. The highest BCUT2D eigenvalue weighted by molar-refractivity contribution is 6.17. The van der Waals surface area contributed by atoms with Crippen LogP contribution >= 0.6 is 0 Å². The van der Waals surface area contributed by atoms with Crippen LogP contribution < -0.4 is 0 Å². The van der Waals surface area contributed by atoms with Crippen molar-refractivity contribution in [3.8, 4) is 62.0 Å². The number of aromatic nitrogens is 2. The Balaban J connectivity index is 1.15. The van der Waals surface area contributed by atoms with Crippen LogP contribution in [-0.4, -0.2) is 9.13 Å². The van der Waals surface area contributed by atoms with Gasteiger partial charge in [0.15, 0.2) is 5.69 Å². The maximum Gasteiger partial charge on any atom is 0.197 e. The molecule has 2 heterocycles. The van der Waals surface area contributed by atoms with Gasteiger partial charge < -0.3 is 9.13 Å². The summed E-state index contributed by atoms with van der Waals surface area (Å²) in [6.45, 7) is 20.4. The first-order chi connectivity index (χ1) is 32.6. The van der Waals surface area contributed by atoms with Gasteiger partial charge in [0.25, 0.3) is 0 Å². The molecule has 2 aliphatic rings. The summed E-state index contributed by atoms with van der Waals surface area (Å²) in [6, 6.07) is 65.8. The van der Waals surface area contributed by atoms with Gasteiger partial charge in [0.1, 0.15) is 0 Å². The molecule has 13 rings (SSSR count). The van der Waals surface area contributed by atoms with Gasteiger partial charge in [-0.05, 0) is 128 Å². The molecule has 67 heavy (non-hydrogen) atoms. The predicted molar refractivity (Wildman–Crippen MR) is 277 cm³/mol. The van der Waals surface area contributed by atoms with Crippen molar-refractivity contribution in [2.45, 2.75) is 45.4 Å². The van der Waals surface area contributed by atoms with Crippen LogP contribution in [0.5, 0.6) is 0 Å². The summed E-state index contributed by atoms with van der Waals surface area (Å²) in [4.78, 5) is 4.36. The van der Waals surface area contributed by atoms with Gasteiger partial charge in [0, 0.05) is 43.6 Å². The standard InChI is InChI=1S/C63H44N4/c1-37-34-38(36-64)26-28-40(37)39-27-31-53(66-51-23-13-9-18-45(51)58-55(66)32-29-43-41-16-7-11-20-48(41)62(2,3)60(43)58)47(35-39)57-50(65-6)22-15-25-54(57)67-52-24-14-10-19-46(52)59-56(67)33-30-44-42-17-8-12-21-49(42)63(4,5)61(44)59/h7-35H,1-5H3. The van der Waals surface area contributed by atoms with Gasteiger partial charge in [-0.3, -0.25) is 0 Å². The Morgan fingerprint density at radius 3 is 1.58 bits per heavy atom. The van der Waals surface area contributed by atoms with Gasteiger partial charge in [-0.2, -0.15) is 5.26 Å². The van der Waals surface area contributed by atoms with Crippen molar-refractivity contribution in [2.75, 3.05) is 0 Å². The Kier molecular flexibility index (Phi) is 8.02. The average Bonchev–Trinajstić information content (AvgIpc) is 4.02. The monoisotopic (exact) mass is 856 g/mol. The first-order valence-corrected chi connectivity index (χ1v) is 23.1. The molecule has 0 N–H and O–H groups in total. The van der Waals surface area contributed by atoms with E-state index >= 15 is 0 Å². The van der Waals surface area contributed by atoms with Gasteiger partial charge in [0.05, 0.1) is 46.0 Å². The molecule has 0 unspecified atom stereocenters. The van der Waals surface area contributed by atoms with Crippen LogP contribution in [-0.2, 0) is 10.8 Å². The molecule has 0 bridgehead atoms. The lowest BCUT2D eigenvalue weighted by atomic mass is 9.80. The van der Waals surface area contributed by atoms with Crippen molar-refractivity contribution >= 4 is 49.3 Å². The Bertz CT molecular complexity index is 4080. The van der Waals surface area contributed by atoms with Crippen molar-refractivity contribution in [3.63, 3.8) is 0 Å². The Morgan fingerprint density at radius 2 is 1.01 bits per heavy atom. The van der Waals surface area contributed by atoms with E-state index in [0.717, 1.165) is 61.3 Å². The van der Waals surface area contributed by atoms with Crippen molar-refractivity contribution in [2.24, 2.45) is 0 Å². The van der Waals surface area contributed by atoms with Gasteiger partial charge >= 0.3 is 0 Å².